The van der Waals surface area contributed by atoms with Crippen LogP contribution in [0.4, 0.5) is 10.6 Å². The number of imidazole rings is 1. The standard InChI is InChI=1S/C24H27BrN6O5/c1-35-17-6-4-14(18(9-17)36-2)10-27-22-20-21(25)28-23(30(20)8-7-26-22)15-3-5-16-12-29(24(33)34)13-19(32)31(16)11-15/h4,6-9,15-16H,3,5,10-13H2,1-2H3,(H,26,27)(H,33,34). The highest BCUT2D eigenvalue weighted by Crippen LogP contribution is 2.35. The fourth-order valence-electron chi connectivity index (χ4n) is 5.07. The van der Waals surface area contributed by atoms with Crippen LogP contribution in [0.25, 0.3) is 5.52 Å². The summed E-state index contributed by atoms with van der Waals surface area (Å²) >= 11 is 3.61. The largest absolute Gasteiger partial charge is 0.497 e. The Bertz CT molecular complexity index is 1310. The quantitative estimate of drug-likeness (QED) is 0.473. The molecule has 0 saturated carbocycles. The van der Waals surface area contributed by atoms with Crippen LogP contribution in [-0.2, 0) is 11.3 Å². The summed E-state index contributed by atoms with van der Waals surface area (Å²) in [6.07, 6.45) is 4.08. The average Bonchev–Trinajstić information content (AvgIpc) is 3.24. The van der Waals surface area contributed by atoms with Crippen molar-refractivity contribution in [3.8, 4) is 11.5 Å². The number of carbonyl (C=O) groups excluding carboxylic acids is 1. The van der Waals surface area contributed by atoms with Crippen LogP contribution in [0.2, 0.25) is 0 Å². The van der Waals surface area contributed by atoms with Gasteiger partial charge in [-0.2, -0.15) is 0 Å². The third kappa shape index (κ3) is 4.41. The smallest absolute Gasteiger partial charge is 0.407 e. The first-order chi connectivity index (χ1) is 17.4. The molecule has 11 nitrogen and oxygen atoms in total. The van der Waals surface area contributed by atoms with E-state index in [4.69, 9.17) is 14.5 Å². The van der Waals surface area contributed by atoms with E-state index in [0.717, 1.165) is 35.5 Å². The van der Waals surface area contributed by atoms with Crippen LogP contribution >= 0.6 is 15.9 Å². The number of methoxy groups -OCH3 is 2. The van der Waals surface area contributed by atoms with Gasteiger partial charge in [-0.1, -0.05) is 0 Å². The predicted octanol–water partition coefficient (Wildman–Crippen LogP) is 3.19. The summed E-state index contributed by atoms with van der Waals surface area (Å²) in [5, 5.41) is 12.7. The Morgan fingerprint density at radius 2 is 2.08 bits per heavy atom. The van der Waals surface area contributed by atoms with Crippen LogP contribution in [0, 0.1) is 0 Å². The molecule has 4 heterocycles. The number of amides is 2. The van der Waals surface area contributed by atoms with Crippen molar-refractivity contribution in [1.29, 1.82) is 0 Å². The number of anilines is 1. The Balaban J connectivity index is 1.37. The molecule has 2 unspecified atom stereocenters. The highest BCUT2D eigenvalue weighted by molar-refractivity contribution is 9.10. The van der Waals surface area contributed by atoms with Gasteiger partial charge >= 0.3 is 6.09 Å². The molecular weight excluding hydrogens is 532 g/mol. The molecule has 36 heavy (non-hydrogen) atoms. The monoisotopic (exact) mass is 558 g/mol. The number of aromatic nitrogens is 3. The Kier molecular flexibility index (Phi) is 6.61. The number of benzene rings is 1. The van der Waals surface area contributed by atoms with Gasteiger partial charge in [-0.05, 0) is 40.9 Å². The first kappa shape index (κ1) is 24.2. The fourth-order valence-corrected chi connectivity index (χ4v) is 5.63. The number of hydrogen-bond acceptors (Lipinski definition) is 7. The molecule has 1 aromatic carbocycles. The van der Waals surface area contributed by atoms with Gasteiger partial charge in [0.05, 0.1) is 14.2 Å². The zero-order chi connectivity index (χ0) is 25.4. The van der Waals surface area contributed by atoms with Crippen molar-refractivity contribution in [2.75, 3.05) is 39.2 Å². The van der Waals surface area contributed by atoms with Gasteiger partial charge in [0.1, 0.15) is 34.0 Å². The van der Waals surface area contributed by atoms with Gasteiger partial charge < -0.3 is 24.8 Å². The van der Waals surface area contributed by atoms with E-state index in [1.807, 2.05) is 33.7 Å². The third-order valence-corrected chi connectivity index (χ3v) is 7.45. The second-order valence-electron chi connectivity index (χ2n) is 8.92. The molecule has 2 fully saturated rings. The molecule has 2 atom stereocenters. The molecule has 5 rings (SSSR count). The highest BCUT2D eigenvalue weighted by Gasteiger charge is 2.40. The summed E-state index contributed by atoms with van der Waals surface area (Å²) in [6, 6.07) is 5.58. The molecule has 3 aromatic rings. The van der Waals surface area contributed by atoms with Crippen molar-refractivity contribution < 1.29 is 24.2 Å². The van der Waals surface area contributed by atoms with Gasteiger partial charge in [0.2, 0.25) is 5.91 Å². The van der Waals surface area contributed by atoms with Crippen LogP contribution < -0.4 is 14.8 Å². The topological polar surface area (TPSA) is 122 Å². The van der Waals surface area contributed by atoms with E-state index in [2.05, 4.69) is 26.2 Å². The van der Waals surface area contributed by atoms with Crippen molar-refractivity contribution >= 4 is 39.3 Å². The number of hydrogen-bond donors (Lipinski definition) is 2. The molecule has 190 valence electrons. The number of carboxylic acid groups (broad SMARTS) is 1. The SMILES string of the molecule is COc1ccc(CNc2nccn3c(C4CCC5CN(C(=O)O)CC(=O)N5C4)nc(Br)c23)c(OC)c1. The number of halogens is 1. The number of carbonyl (C=O) groups is 2. The zero-order valence-electron chi connectivity index (χ0n) is 20.0. The Hall–Kier alpha value is -3.54. The number of rotatable bonds is 6. The molecular formula is C24H27BrN6O5. The highest BCUT2D eigenvalue weighted by atomic mass is 79.9. The second kappa shape index (κ2) is 9.84. The molecule has 12 heteroatoms. The lowest BCUT2D eigenvalue weighted by Crippen LogP contribution is -2.60. The molecule has 0 bridgehead atoms. The number of nitrogens with zero attached hydrogens (tertiary/aromatic N) is 5. The van der Waals surface area contributed by atoms with Gasteiger partial charge in [-0.25, -0.2) is 14.8 Å². The van der Waals surface area contributed by atoms with E-state index in [1.54, 1.807) is 20.4 Å². The van der Waals surface area contributed by atoms with Gasteiger partial charge in [0.15, 0.2) is 5.82 Å². The number of fused-ring (bicyclic) bond motifs is 2. The van der Waals surface area contributed by atoms with Crippen molar-refractivity contribution in [1.82, 2.24) is 24.2 Å². The molecule has 2 aliphatic heterocycles. The predicted molar refractivity (Wildman–Crippen MR) is 135 cm³/mol. The lowest BCUT2D eigenvalue weighted by atomic mass is 9.90. The normalized spacial score (nSPS) is 19.8. The van der Waals surface area contributed by atoms with E-state index < -0.39 is 6.09 Å². The lowest BCUT2D eigenvalue weighted by molar-refractivity contribution is -0.141. The van der Waals surface area contributed by atoms with Gasteiger partial charge in [0, 0.05) is 55.6 Å². The third-order valence-electron chi connectivity index (χ3n) is 6.90. The molecule has 0 aliphatic carbocycles. The van der Waals surface area contributed by atoms with Gasteiger partial charge in [0.25, 0.3) is 0 Å². The molecule has 0 radical (unpaired) electrons. The summed E-state index contributed by atoms with van der Waals surface area (Å²) in [5.41, 5.74) is 1.76. The number of ether oxygens (including phenoxy) is 2. The molecule has 2 aromatic heterocycles. The maximum absolute atomic E-state index is 12.7. The minimum atomic E-state index is -1.05. The molecule has 2 amide bonds. The summed E-state index contributed by atoms with van der Waals surface area (Å²) in [4.78, 5) is 36.4. The summed E-state index contributed by atoms with van der Waals surface area (Å²) in [7, 11) is 3.24. The first-order valence-electron chi connectivity index (χ1n) is 11.6. The van der Waals surface area contributed by atoms with Crippen LogP contribution in [0.5, 0.6) is 11.5 Å². The summed E-state index contributed by atoms with van der Waals surface area (Å²) in [6.45, 7) is 1.25. The van der Waals surface area contributed by atoms with E-state index in [0.29, 0.717) is 35.8 Å². The van der Waals surface area contributed by atoms with Crippen molar-refractivity contribution in [2.24, 2.45) is 0 Å². The van der Waals surface area contributed by atoms with Crippen LogP contribution in [-0.4, -0.2) is 81.2 Å². The van der Waals surface area contributed by atoms with Crippen LogP contribution in [0.3, 0.4) is 0 Å². The summed E-state index contributed by atoms with van der Waals surface area (Å²) < 4.78 is 13.5. The fraction of sp³-hybridized carbons (Fsp3) is 0.417. The minimum absolute atomic E-state index is 0.0253. The van der Waals surface area contributed by atoms with E-state index in [1.165, 1.54) is 4.90 Å². The average molecular weight is 559 g/mol. The number of piperidine rings is 1. The lowest BCUT2D eigenvalue weighted by Gasteiger charge is -2.45. The van der Waals surface area contributed by atoms with E-state index in [-0.39, 0.29) is 24.4 Å². The molecule has 2 saturated heterocycles. The minimum Gasteiger partial charge on any atom is -0.497 e. The number of piperazine rings is 1. The van der Waals surface area contributed by atoms with E-state index >= 15 is 0 Å². The van der Waals surface area contributed by atoms with E-state index in [9.17, 15) is 14.7 Å². The second-order valence-corrected chi connectivity index (χ2v) is 9.68. The maximum atomic E-state index is 12.7. The van der Waals surface area contributed by atoms with Crippen molar-refractivity contribution in [3.63, 3.8) is 0 Å². The van der Waals surface area contributed by atoms with Gasteiger partial charge in [-0.15, -0.1) is 0 Å². The van der Waals surface area contributed by atoms with Crippen LogP contribution in [0.15, 0.2) is 35.2 Å². The summed E-state index contributed by atoms with van der Waals surface area (Å²) in [5.74, 6) is 2.81. The first-order valence-corrected chi connectivity index (χ1v) is 12.4. The number of nitrogens with one attached hydrogen (secondary N) is 1. The van der Waals surface area contributed by atoms with Gasteiger partial charge in [-0.3, -0.25) is 14.1 Å². The molecule has 0 spiro atoms. The Morgan fingerprint density at radius 3 is 2.83 bits per heavy atom. The zero-order valence-corrected chi connectivity index (χ0v) is 21.6. The molecule has 2 aliphatic rings. The van der Waals surface area contributed by atoms with Crippen LogP contribution in [0.1, 0.15) is 30.1 Å². The van der Waals surface area contributed by atoms with Crippen molar-refractivity contribution in [2.45, 2.75) is 31.3 Å². The van der Waals surface area contributed by atoms with Crippen molar-refractivity contribution in [3.05, 3.63) is 46.6 Å². The molecule has 2 N–H and O–H groups in total. The Labute approximate surface area is 216 Å². The Morgan fingerprint density at radius 1 is 1.25 bits per heavy atom. The maximum Gasteiger partial charge on any atom is 0.407 e.